The van der Waals surface area contributed by atoms with Gasteiger partial charge < -0.3 is 5.32 Å². The van der Waals surface area contributed by atoms with E-state index in [0.717, 1.165) is 17.9 Å². The lowest BCUT2D eigenvalue weighted by Crippen LogP contribution is -2.52. The first-order valence-corrected chi connectivity index (χ1v) is 8.66. The molecular formula is C17H32N2. The third kappa shape index (κ3) is 3.16. The number of hydrogen-bond donors (Lipinski definition) is 1. The molecule has 0 amide bonds. The van der Waals surface area contributed by atoms with Gasteiger partial charge in [-0.2, -0.15) is 0 Å². The molecule has 2 heteroatoms. The van der Waals surface area contributed by atoms with E-state index in [9.17, 15) is 0 Å². The Hall–Kier alpha value is -0.0800. The Labute approximate surface area is 119 Å². The third-order valence-corrected chi connectivity index (χ3v) is 5.86. The van der Waals surface area contributed by atoms with Crippen molar-refractivity contribution in [3.05, 3.63) is 0 Å². The van der Waals surface area contributed by atoms with Crippen molar-refractivity contribution in [3.8, 4) is 0 Å². The summed E-state index contributed by atoms with van der Waals surface area (Å²) >= 11 is 0. The third-order valence-electron chi connectivity index (χ3n) is 5.86. The zero-order valence-corrected chi connectivity index (χ0v) is 13.0. The molecule has 1 N–H and O–H groups in total. The molecule has 0 aromatic carbocycles. The van der Waals surface area contributed by atoms with E-state index in [4.69, 9.17) is 0 Å². The summed E-state index contributed by atoms with van der Waals surface area (Å²) in [5.74, 6) is 1.87. The number of nitrogens with zero attached hydrogens (tertiary/aromatic N) is 1. The Morgan fingerprint density at radius 2 is 1.63 bits per heavy atom. The van der Waals surface area contributed by atoms with Gasteiger partial charge in [0.25, 0.3) is 0 Å². The first-order valence-electron chi connectivity index (χ1n) is 8.66. The molecule has 2 aliphatic carbocycles. The highest BCUT2D eigenvalue weighted by Crippen LogP contribution is 2.36. The van der Waals surface area contributed by atoms with Gasteiger partial charge in [-0.05, 0) is 63.5 Å². The first kappa shape index (κ1) is 13.9. The molecule has 0 bridgehead atoms. The van der Waals surface area contributed by atoms with Crippen molar-refractivity contribution in [1.82, 2.24) is 10.2 Å². The van der Waals surface area contributed by atoms with Gasteiger partial charge in [0.05, 0.1) is 0 Å². The van der Waals surface area contributed by atoms with Gasteiger partial charge in [0.1, 0.15) is 0 Å². The summed E-state index contributed by atoms with van der Waals surface area (Å²) < 4.78 is 0. The maximum Gasteiger partial charge on any atom is 0.0308 e. The van der Waals surface area contributed by atoms with E-state index in [1.54, 1.807) is 0 Å². The highest BCUT2D eigenvalue weighted by Gasteiger charge is 2.39. The van der Waals surface area contributed by atoms with Gasteiger partial charge in [-0.25, -0.2) is 0 Å². The maximum absolute atomic E-state index is 3.91. The monoisotopic (exact) mass is 264 g/mol. The fourth-order valence-electron chi connectivity index (χ4n) is 5.06. The zero-order valence-electron chi connectivity index (χ0n) is 13.0. The predicted molar refractivity (Wildman–Crippen MR) is 81.4 cm³/mol. The van der Waals surface area contributed by atoms with Gasteiger partial charge in [0.2, 0.25) is 0 Å². The Kier molecular flexibility index (Phi) is 4.19. The van der Waals surface area contributed by atoms with E-state index >= 15 is 0 Å². The SMILES string of the molecule is CC1CC(C)CC(N2CCCNC3(CCCC3)C2)C1. The Bertz CT molecular complexity index is 286. The highest BCUT2D eigenvalue weighted by atomic mass is 15.2. The van der Waals surface area contributed by atoms with Gasteiger partial charge in [-0.3, -0.25) is 4.90 Å². The van der Waals surface area contributed by atoms with Crippen molar-refractivity contribution in [2.75, 3.05) is 19.6 Å². The number of rotatable bonds is 1. The average Bonchev–Trinajstić information content (AvgIpc) is 2.69. The highest BCUT2D eigenvalue weighted by molar-refractivity contribution is 4.98. The molecule has 3 fully saturated rings. The van der Waals surface area contributed by atoms with Crippen molar-refractivity contribution >= 4 is 0 Å². The van der Waals surface area contributed by atoms with E-state index in [1.807, 2.05) is 0 Å². The van der Waals surface area contributed by atoms with Crippen LogP contribution in [-0.4, -0.2) is 36.1 Å². The lowest BCUT2D eigenvalue weighted by Gasteiger charge is -2.42. The largest absolute Gasteiger partial charge is 0.310 e. The van der Waals surface area contributed by atoms with Crippen LogP contribution in [0.3, 0.4) is 0 Å². The normalized spacial score (nSPS) is 40.4. The van der Waals surface area contributed by atoms with Crippen LogP contribution in [0.1, 0.15) is 65.2 Å². The smallest absolute Gasteiger partial charge is 0.0308 e. The van der Waals surface area contributed by atoms with Crippen molar-refractivity contribution in [2.45, 2.75) is 76.8 Å². The molecule has 0 radical (unpaired) electrons. The van der Waals surface area contributed by atoms with Crippen molar-refractivity contribution < 1.29 is 0 Å². The molecule has 3 rings (SSSR count). The second-order valence-corrected chi connectivity index (χ2v) is 7.81. The lowest BCUT2D eigenvalue weighted by molar-refractivity contribution is 0.0907. The van der Waals surface area contributed by atoms with Crippen LogP contribution >= 0.6 is 0 Å². The summed E-state index contributed by atoms with van der Waals surface area (Å²) in [5, 5.41) is 3.91. The molecular weight excluding hydrogens is 232 g/mol. The van der Waals surface area contributed by atoms with Crippen LogP contribution in [0.5, 0.6) is 0 Å². The minimum atomic E-state index is 0.487. The van der Waals surface area contributed by atoms with Gasteiger partial charge in [-0.15, -0.1) is 0 Å². The molecule has 0 aromatic rings. The summed E-state index contributed by atoms with van der Waals surface area (Å²) in [5.41, 5.74) is 0.487. The Morgan fingerprint density at radius 3 is 2.32 bits per heavy atom. The molecule has 1 saturated heterocycles. The lowest BCUT2D eigenvalue weighted by atomic mass is 9.79. The second-order valence-electron chi connectivity index (χ2n) is 7.81. The molecule has 2 unspecified atom stereocenters. The van der Waals surface area contributed by atoms with Crippen LogP contribution in [0, 0.1) is 11.8 Å². The van der Waals surface area contributed by atoms with Crippen LogP contribution in [0.2, 0.25) is 0 Å². The molecule has 3 aliphatic rings. The van der Waals surface area contributed by atoms with Crippen molar-refractivity contribution in [1.29, 1.82) is 0 Å². The van der Waals surface area contributed by atoms with Gasteiger partial charge in [0.15, 0.2) is 0 Å². The summed E-state index contributed by atoms with van der Waals surface area (Å²) in [6.07, 6.45) is 11.4. The van der Waals surface area contributed by atoms with Crippen LogP contribution in [0.4, 0.5) is 0 Å². The van der Waals surface area contributed by atoms with E-state index in [0.29, 0.717) is 5.54 Å². The average molecular weight is 264 g/mol. The number of hydrogen-bond acceptors (Lipinski definition) is 2. The summed E-state index contributed by atoms with van der Waals surface area (Å²) in [4.78, 5) is 2.87. The van der Waals surface area contributed by atoms with Crippen molar-refractivity contribution in [3.63, 3.8) is 0 Å². The van der Waals surface area contributed by atoms with Crippen LogP contribution in [0.15, 0.2) is 0 Å². The molecule has 110 valence electrons. The van der Waals surface area contributed by atoms with Gasteiger partial charge >= 0.3 is 0 Å². The summed E-state index contributed by atoms with van der Waals surface area (Å²) in [6.45, 7) is 8.83. The fraction of sp³-hybridized carbons (Fsp3) is 1.00. The van der Waals surface area contributed by atoms with Crippen molar-refractivity contribution in [2.24, 2.45) is 11.8 Å². The van der Waals surface area contributed by atoms with E-state index in [-0.39, 0.29) is 0 Å². The molecule has 2 atom stereocenters. The molecule has 19 heavy (non-hydrogen) atoms. The van der Waals surface area contributed by atoms with E-state index in [2.05, 4.69) is 24.1 Å². The second kappa shape index (κ2) is 5.73. The van der Waals surface area contributed by atoms with E-state index in [1.165, 1.54) is 71.0 Å². The molecule has 2 saturated carbocycles. The number of nitrogens with one attached hydrogen (secondary N) is 1. The quantitative estimate of drug-likeness (QED) is 0.780. The Balaban J connectivity index is 1.68. The van der Waals surface area contributed by atoms with Crippen LogP contribution in [0.25, 0.3) is 0 Å². The molecule has 2 nitrogen and oxygen atoms in total. The maximum atomic E-state index is 3.91. The molecule has 0 aromatic heterocycles. The minimum absolute atomic E-state index is 0.487. The van der Waals surface area contributed by atoms with Crippen LogP contribution in [-0.2, 0) is 0 Å². The molecule has 1 aliphatic heterocycles. The van der Waals surface area contributed by atoms with Gasteiger partial charge in [-0.1, -0.05) is 26.7 Å². The minimum Gasteiger partial charge on any atom is -0.310 e. The van der Waals surface area contributed by atoms with Crippen LogP contribution < -0.4 is 5.32 Å². The first-order chi connectivity index (χ1) is 9.17. The van der Waals surface area contributed by atoms with Gasteiger partial charge in [0, 0.05) is 18.1 Å². The summed E-state index contributed by atoms with van der Waals surface area (Å²) in [7, 11) is 0. The zero-order chi connectivity index (χ0) is 13.3. The summed E-state index contributed by atoms with van der Waals surface area (Å²) in [6, 6.07) is 0.871. The molecule has 1 spiro atoms. The standard InChI is InChI=1S/C17H32N2/c1-14-10-15(2)12-16(11-14)19-9-5-8-18-17(13-19)6-3-4-7-17/h14-16,18H,3-13H2,1-2H3. The molecule has 1 heterocycles. The van der Waals surface area contributed by atoms with E-state index < -0.39 is 0 Å². The topological polar surface area (TPSA) is 15.3 Å². The Morgan fingerprint density at radius 1 is 0.947 bits per heavy atom. The fourth-order valence-corrected chi connectivity index (χ4v) is 5.06. The predicted octanol–water partition coefficient (Wildman–Crippen LogP) is 3.42.